The minimum absolute atomic E-state index is 0.0720. The van der Waals surface area contributed by atoms with Crippen molar-refractivity contribution in [1.82, 2.24) is 0 Å². The first-order valence-corrected chi connectivity index (χ1v) is 7.82. The number of anilines is 1. The first-order valence-electron chi connectivity index (χ1n) is 7.82. The maximum atomic E-state index is 13.1. The molecule has 0 bridgehead atoms. The van der Waals surface area contributed by atoms with E-state index in [2.05, 4.69) is 19.2 Å². The Kier molecular flexibility index (Phi) is 6.07. The van der Waals surface area contributed by atoms with Crippen molar-refractivity contribution in [2.24, 2.45) is 0 Å². The number of benzene rings is 2. The number of para-hydroxylation sites is 1. The van der Waals surface area contributed by atoms with Gasteiger partial charge in [0.1, 0.15) is 5.82 Å². The fourth-order valence-corrected chi connectivity index (χ4v) is 2.28. The zero-order chi connectivity index (χ0) is 17.5. The lowest BCUT2D eigenvalue weighted by Gasteiger charge is -2.15. The number of hydrogen-bond acceptors (Lipinski definition) is 3. The SMILES string of the molecule is CC[C@@H](C)c1ccccc1NC(=O)COC(=O)c1cccc(F)c1. The topological polar surface area (TPSA) is 55.4 Å². The van der Waals surface area contributed by atoms with Crippen LogP contribution in [0, 0.1) is 5.82 Å². The Morgan fingerprint density at radius 1 is 1.17 bits per heavy atom. The maximum absolute atomic E-state index is 13.1. The molecule has 24 heavy (non-hydrogen) atoms. The van der Waals surface area contributed by atoms with Crippen molar-refractivity contribution in [1.29, 1.82) is 0 Å². The second-order valence-electron chi connectivity index (χ2n) is 5.53. The van der Waals surface area contributed by atoms with Crippen molar-refractivity contribution >= 4 is 17.6 Å². The number of carbonyl (C=O) groups excluding carboxylic acids is 2. The van der Waals surface area contributed by atoms with Crippen LogP contribution in [0.3, 0.4) is 0 Å². The highest BCUT2D eigenvalue weighted by Gasteiger charge is 2.13. The average Bonchev–Trinajstić information content (AvgIpc) is 2.59. The molecule has 4 nitrogen and oxygen atoms in total. The van der Waals surface area contributed by atoms with Gasteiger partial charge in [-0.3, -0.25) is 4.79 Å². The number of ether oxygens (including phenoxy) is 1. The van der Waals surface area contributed by atoms with Crippen LogP contribution in [0.1, 0.15) is 42.1 Å². The van der Waals surface area contributed by atoms with Crippen LogP contribution < -0.4 is 5.32 Å². The number of rotatable bonds is 6. The summed E-state index contributed by atoms with van der Waals surface area (Å²) in [6, 6.07) is 12.7. The zero-order valence-electron chi connectivity index (χ0n) is 13.7. The van der Waals surface area contributed by atoms with Gasteiger partial charge < -0.3 is 10.1 Å². The molecule has 2 aromatic rings. The second-order valence-corrected chi connectivity index (χ2v) is 5.53. The van der Waals surface area contributed by atoms with Crippen LogP contribution in [-0.2, 0) is 9.53 Å². The number of amides is 1. The highest BCUT2D eigenvalue weighted by Crippen LogP contribution is 2.26. The molecule has 0 aliphatic carbocycles. The van der Waals surface area contributed by atoms with Crippen LogP contribution in [0.15, 0.2) is 48.5 Å². The summed E-state index contributed by atoms with van der Waals surface area (Å²) >= 11 is 0. The van der Waals surface area contributed by atoms with E-state index >= 15 is 0 Å². The lowest BCUT2D eigenvalue weighted by molar-refractivity contribution is -0.119. The number of nitrogens with one attached hydrogen (secondary N) is 1. The Labute approximate surface area is 140 Å². The molecule has 0 saturated heterocycles. The van der Waals surface area contributed by atoms with Gasteiger partial charge in [-0.2, -0.15) is 0 Å². The van der Waals surface area contributed by atoms with Gasteiger partial charge in [0, 0.05) is 5.69 Å². The van der Waals surface area contributed by atoms with Gasteiger partial charge in [-0.05, 0) is 42.2 Å². The van der Waals surface area contributed by atoms with Gasteiger partial charge in [-0.25, -0.2) is 9.18 Å². The molecule has 1 atom stereocenters. The normalized spacial score (nSPS) is 11.6. The fourth-order valence-electron chi connectivity index (χ4n) is 2.28. The summed E-state index contributed by atoms with van der Waals surface area (Å²) in [6.45, 7) is 3.73. The van der Waals surface area contributed by atoms with E-state index in [1.165, 1.54) is 18.2 Å². The van der Waals surface area contributed by atoms with Crippen LogP contribution >= 0.6 is 0 Å². The van der Waals surface area contributed by atoms with Gasteiger partial charge in [0.05, 0.1) is 5.56 Å². The summed E-state index contributed by atoms with van der Waals surface area (Å²) in [5.41, 5.74) is 1.81. The van der Waals surface area contributed by atoms with Crippen molar-refractivity contribution in [3.05, 3.63) is 65.5 Å². The maximum Gasteiger partial charge on any atom is 0.338 e. The largest absolute Gasteiger partial charge is 0.452 e. The number of hydrogen-bond donors (Lipinski definition) is 1. The smallest absolute Gasteiger partial charge is 0.338 e. The predicted octanol–water partition coefficient (Wildman–Crippen LogP) is 4.13. The van der Waals surface area contributed by atoms with E-state index in [0.717, 1.165) is 18.1 Å². The molecular weight excluding hydrogens is 309 g/mol. The molecular formula is C19H20FNO3. The van der Waals surface area contributed by atoms with E-state index < -0.39 is 24.3 Å². The first-order chi connectivity index (χ1) is 11.5. The Hall–Kier alpha value is -2.69. The van der Waals surface area contributed by atoms with Crippen molar-refractivity contribution < 1.29 is 18.7 Å². The third-order valence-electron chi connectivity index (χ3n) is 3.77. The van der Waals surface area contributed by atoms with Crippen LogP contribution in [0.25, 0.3) is 0 Å². The van der Waals surface area contributed by atoms with Crippen molar-refractivity contribution in [2.45, 2.75) is 26.2 Å². The zero-order valence-corrected chi connectivity index (χ0v) is 13.7. The Bertz CT molecular complexity index is 730. The van der Waals surface area contributed by atoms with Gasteiger partial charge in [0.15, 0.2) is 6.61 Å². The summed E-state index contributed by atoms with van der Waals surface area (Å²) in [5.74, 6) is -1.40. The third kappa shape index (κ3) is 4.65. The van der Waals surface area contributed by atoms with E-state index in [1.54, 1.807) is 0 Å². The van der Waals surface area contributed by atoms with E-state index in [-0.39, 0.29) is 5.56 Å². The molecule has 0 radical (unpaired) electrons. The van der Waals surface area contributed by atoms with Crippen molar-refractivity contribution in [3.63, 3.8) is 0 Å². The Morgan fingerprint density at radius 2 is 1.92 bits per heavy atom. The third-order valence-corrected chi connectivity index (χ3v) is 3.77. The molecule has 2 rings (SSSR count). The monoisotopic (exact) mass is 329 g/mol. The van der Waals surface area contributed by atoms with Crippen LogP contribution in [-0.4, -0.2) is 18.5 Å². The van der Waals surface area contributed by atoms with Crippen LogP contribution in [0.2, 0.25) is 0 Å². The Morgan fingerprint density at radius 3 is 2.62 bits per heavy atom. The van der Waals surface area contributed by atoms with E-state index in [9.17, 15) is 14.0 Å². The highest BCUT2D eigenvalue weighted by atomic mass is 19.1. The summed E-state index contributed by atoms with van der Waals surface area (Å²) in [4.78, 5) is 23.8. The first kappa shape index (κ1) is 17.7. The molecule has 0 aromatic heterocycles. The molecule has 0 heterocycles. The van der Waals surface area contributed by atoms with E-state index in [4.69, 9.17) is 4.74 Å². The van der Waals surface area contributed by atoms with Crippen molar-refractivity contribution in [2.75, 3.05) is 11.9 Å². The summed E-state index contributed by atoms with van der Waals surface area (Å²) in [6.07, 6.45) is 0.946. The lowest BCUT2D eigenvalue weighted by Crippen LogP contribution is -2.21. The molecule has 126 valence electrons. The van der Waals surface area contributed by atoms with Crippen LogP contribution in [0.5, 0.6) is 0 Å². The summed E-state index contributed by atoms with van der Waals surface area (Å²) in [7, 11) is 0. The fraction of sp³-hybridized carbons (Fsp3) is 0.263. The molecule has 0 fully saturated rings. The predicted molar refractivity (Wildman–Crippen MR) is 90.5 cm³/mol. The van der Waals surface area contributed by atoms with E-state index in [1.807, 2.05) is 24.3 Å². The second kappa shape index (κ2) is 8.24. The van der Waals surface area contributed by atoms with Crippen LogP contribution in [0.4, 0.5) is 10.1 Å². The van der Waals surface area contributed by atoms with Gasteiger partial charge in [-0.1, -0.05) is 38.1 Å². The minimum atomic E-state index is -0.736. The molecule has 0 spiro atoms. The van der Waals surface area contributed by atoms with Crippen molar-refractivity contribution in [3.8, 4) is 0 Å². The van der Waals surface area contributed by atoms with E-state index in [0.29, 0.717) is 11.6 Å². The molecule has 2 aromatic carbocycles. The molecule has 1 N–H and O–H groups in total. The molecule has 0 aliphatic heterocycles. The molecule has 0 aliphatic rings. The molecule has 0 unspecified atom stereocenters. The quantitative estimate of drug-likeness (QED) is 0.811. The molecule has 1 amide bonds. The lowest BCUT2D eigenvalue weighted by atomic mass is 9.97. The number of halogens is 1. The standard InChI is InChI=1S/C19H20FNO3/c1-3-13(2)16-9-4-5-10-17(16)21-18(22)12-24-19(23)14-7-6-8-15(20)11-14/h4-11,13H,3,12H2,1-2H3,(H,21,22)/t13-/m1/s1. The summed E-state index contributed by atoms with van der Waals surface area (Å²) < 4.78 is 18.0. The van der Waals surface area contributed by atoms with Gasteiger partial charge in [0.25, 0.3) is 5.91 Å². The average molecular weight is 329 g/mol. The minimum Gasteiger partial charge on any atom is -0.452 e. The Balaban J connectivity index is 1.96. The molecule has 5 heteroatoms. The highest BCUT2D eigenvalue weighted by molar-refractivity contribution is 5.96. The van der Waals surface area contributed by atoms with Gasteiger partial charge in [0.2, 0.25) is 0 Å². The van der Waals surface area contributed by atoms with Gasteiger partial charge in [-0.15, -0.1) is 0 Å². The number of esters is 1. The number of carbonyl (C=O) groups is 2. The van der Waals surface area contributed by atoms with Gasteiger partial charge >= 0.3 is 5.97 Å². The summed E-state index contributed by atoms with van der Waals surface area (Å²) in [5, 5.41) is 2.75. The molecule has 0 saturated carbocycles.